The zero-order chi connectivity index (χ0) is 24.9. The summed E-state index contributed by atoms with van der Waals surface area (Å²) >= 11 is 5.41. The summed E-state index contributed by atoms with van der Waals surface area (Å²) in [5.41, 5.74) is 1.06. The number of carbonyl (C=O) groups excluding carboxylic acids is 3. The molecular formula is C24H18BrFN2O5S2. The third kappa shape index (κ3) is 4.15. The second-order valence-corrected chi connectivity index (χ2v) is 11.0. The number of ether oxygens (including phenoxy) is 1. The number of fused-ring (bicyclic) bond motifs is 2. The molecule has 0 bridgehead atoms. The Morgan fingerprint density at radius 2 is 1.74 bits per heavy atom. The Labute approximate surface area is 216 Å². The maximum absolute atomic E-state index is 13.7. The van der Waals surface area contributed by atoms with Crippen molar-refractivity contribution < 1.29 is 23.5 Å². The van der Waals surface area contributed by atoms with Crippen molar-refractivity contribution in [2.24, 2.45) is 5.92 Å². The number of anilines is 1. The van der Waals surface area contributed by atoms with Crippen LogP contribution < -0.4 is 9.77 Å². The van der Waals surface area contributed by atoms with Crippen LogP contribution >= 0.6 is 39.0 Å². The number of benzene rings is 2. The minimum absolute atomic E-state index is 0.172. The molecule has 0 radical (unpaired) electrons. The lowest BCUT2D eigenvalue weighted by Gasteiger charge is -2.30. The molecule has 11 heteroatoms. The number of thiazole rings is 1. The van der Waals surface area contributed by atoms with E-state index in [0.29, 0.717) is 21.2 Å². The van der Waals surface area contributed by atoms with Gasteiger partial charge >= 0.3 is 10.8 Å². The first-order valence-corrected chi connectivity index (χ1v) is 13.2. The third-order valence-corrected chi connectivity index (χ3v) is 9.09. The average Bonchev–Trinajstić information content (AvgIpc) is 3.27. The van der Waals surface area contributed by atoms with Crippen molar-refractivity contribution in [3.63, 3.8) is 0 Å². The van der Waals surface area contributed by atoms with E-state index in [4.69, 9.17) is 4.74 Å². The number of thioether (sulfide) groups is 1. The number of aromatic nitrogens is 1. The van der Waals surface area contributed by atoms with Crippen molar-refractivity contribution in [2.45, 2.75) is 29.7 Å². The molecule has 2 aromatic carbocycles. The fourth-order valence-electron chi connectivity index (χ4n) is 4.46. The predicted molar refractivity (Wildman–Crippen MR) is 133 cm³/mol. The van der Waals surface area contributed by atoms with E-state index in [-0.39, 0.29) is 23.9 Å². The zero-order valence-corrected chi connectivity index (χ0v) is 21.5. The van der Waals surface area contributed by atoms with Crippen molar-refractivity contribution in [1.82, 2.24) is 4.57 Å². The summed E-state index contributed by atoms with van der Waals surface area (Å²) in [4.78, 5) is 53.7. The van der Waals surface area contributed by atoms with Gasteiger partial charge < -0.3 is 4.74 Å². The van der Waals surface area contributed by atoms with Crippen LogP contribution in [-0.4, -0.2) is 34.2 Å². The summed E-state index contributed by atoms with van der Waals surface area (Å²) in [7, 11) is 0. The van der Waals surface area contributed by atoms with Crippen molar-refractivity contribution in [2.75, 3.05) is 11.5 Å². The van der Waals surface area contributed by atoms with Crippen molar-refractivity contribution >= 4 is 62.5 Å². The van der Waals surface area contributed by atoms with Crippen LogP contribution in [0.1, 0.15) is 23.3 Å². The van der Waals surface area contributed by atoms with Gasteiger partial charge in [-0.25, -0.2) is 9.29 Å². The molecule has 35 heavy (non-hydrogen) atoms. The van der Waals surface area contributed by atoms with Crippen LogP contribution in [0.2, 0.25) is 0 Å². The number of hydrogen-bond acceptors (Lipinski definition) is 7. The van der Waals surface area contributed by atoms with E-state index < -0.39 is 34.8 Å². The van der Waals surface area contributed by atoms with Crippen LogP contribution in [0.4, 0.5) is 10.1 Å². The minimum Gasteiger partial charge on any atom is -0.465 e. The molecule has 3 atom stereocenters. The molecule has 1 saturated heterocycles. The van der Waals surface area contributed by atoms with Gasteiger partial charge in [0.2, 0.25) is 11.8 Å². The Hall–Kier alpha value is -2.76. The van der Waals surface area contributed by atoms with Crippen LogP contribution in [0.15, 0.2) is 62.8 Å². The second-order valence-electron chi connectivity index (χ2n) is 8.01. The summed E-state index contributed by atoms with van der Waals surface area (Å²) in [6, 6.07) is 12.6. The number of carbonyl (C=O) groups is 3. The molecule has 180 valence electrons. The number of halogens is 2. The molecule has 3 aromatic rings. The van der Waals surface area contributed by atoms with E-state index in [1.165, 1.54) is 21.6 Å². The molecule has 3 unspecified atom stereocenters. The van der Waals surface area contributed by atoms with Crippen LogP contribution in [0.3, 0.4) is 0 Å². The van der Waals surface area contributed by atoms with Crippen LogP contribution in [0, 0.1) is 11.7 Å². The Morgan fingerprint density at radius 1 is 1.06 bits per heavy atom. The maximum atomic E-state index is 13.7. The molecule has 7 nitrogen and oxygen atoms in total. The summed E-state index contributed by atoms with van der Waals surface area (Å²) < 4.78 is 20.8. The Balaban J connectivity index is 1.64. The van der Waals surface area contributed by atoms with Gasteiger partial charge in [0.25, 0.3) is 0 Å². The van der Waals surface area contributed by atoms with Gasteiger partial charge in [-0.1, -0.05) is 51.2 Å². The molecule has 3 heterocycles. The molecule has 0 N–H and O–H groups in total. The topological polar surface area (TPSA) is 85.7 Å². The van der Waals surface area contributed by atoms with Gasteiger partial charge in [-0.05, 0) is 48.9 Å². The standard InChI is InChI=1S/C24H18BrFN2O5S2/c1-2-33-16(29)11-27-23-20(35-24(27)32)17(12-3-7-14(26)8-4-12)18-19(34-23)22(31)28(21(18)30)15-9-5-13(25)6-10-15/h3-10,17-19H,2,11H2,1H3. The summed E-state index contributed by atoms with van der Waals surface area (Å²) in [5.74, 6) is -3.22. The number of rotatable bonds is 5. The lowest BCUT2D eigenvalue weighted by molar-refractivity contribution is -0.144. The fraction of sp³-hybridized carbons (Fsp3) is 0.250. The number of esters is 1. The number of amides is 2. The molecule has 2 aliphatic heterocycles. The number of hydrogen-bond donors (Lipinski definition) is 0. The Kier molecular flexibility index (Phi) is 6.41. The first-order chi connectivity index (χ1) is 16.8. The molecule has 0 aliphatic carbocycles. The van der Waals surface area contributed by atoms with E-state index in [9.17, 15) is 23.6 Å². The molecular weight excluding hydrogens is 559 g/mol. The Morgan fingerprint density at radius 3 is 2.40 bits per heavy atom. The highest BCUT2D eigenvalue weighted by atomic mass is 79.9. The lowest BCUT2D eigenvalue weighted by Crippen LogP contribution is -2.32. The predicted octanol–water partition coefficient (Wildman–Crippen LogP) is 4.17. The van der Waals surface area contributed by atoms with Gasteiger partial charge in [-0.3, -0.25) is 23.7 Å². The molecule has 1 aromatic heterocycles. The van der Waals surface area contributed by atoms with Crippen LogP contribution in [0.5, 0.6) is 0 Å². The van der Waals surface area contributed by atoms with E-state index >= 15 is 0 Å². The number of imide groups is 1. The van der Waals surface area contributed by atoms with E-state index in [1.54, 1.807) is 43.3 Å². The average molecular weight is 577 g/mol. The maximum Gasteiger partial charge on any atom is 0.326 e. The zero-order valence-electron chi connectivity index (χ0n) is 18.3. The third-order valence-electron chi connectivity index (χ3n) is 5.96. The summed E-state index contributed by atoms with van der Waals surface area (Å²) in [6.45, 7) is 1.55. The molecule has 5 rings (SSSR count). The van der Waals surface area contributed by atoms with Crippen LogP contribution in [-0.2, 0) is 25.7 Å². The first kappa shape index (κ1) is 24.0. The summed E-state index contributed by atoms with van der Waals surface area (Å²) in [6.07, 6.45) is 0. The minimum atomic E-state index is -0.809. The molecule has 2 aliphatic rings. The van der Waals surface area contributed by atoms with Gasteiger partial charge in [-0.2, -0.15) is 0 Å². The lowest BCUT2D eigenvalue weighted by atomic mass is 9.83. The normalized spacial score (nSPS) is 21.1. The highest BCUT2D eigenvalue weighted by molar-refractivity contribution is 9.10. The van der Waals surface area contributed by atoms with E-state index in [0.717, 1.165) is 27.6 Å². The molecule has 0 saturated carbocycles. The van der Waals surface area contributed by atoms with Gasteiger partial charge in [-0.15, -0.1) is 0 Å². The van der Waals surface area contributed by atoms with E-state index in [1.807, 2.05) is 0 Å². The largest absolute Gasteiger partial charge is 0.465 e. The molecule has 2 amide bonds. The monoisotopic (exact) mass is 576 g/mol. The molecule has 0 spiro atoms. The quantitative estimate of drug-likeness (QED) is 0.335. The summed E-state index contributed by atoms with van der Waals surface area (Å²) in [5, 5.41) is -0.349. The Bertz CT molecular complexity index is 1390. The molecule has 1 fully saturated rings. The van der Waals surface area contributed by atoms with Gasteiger partial charge in [0.05, 0.1) is 23.2 Å². The van der Waals surface area contributed by atoms with Crippen molar-refractivity contribution in [3.8, 4) is 0 Å². The van der Waals surface area contributed by atoms with Crippen LogP contribution in [0.25, 0.3) is 0 Å². The highest BCUT2D eigenvalue weighted by Gasteiger charge is 2.56. The van der Waals surface area contributed by atoms with Gasteiger partial charge in [0, 0.05) is 15.3 Å². The van der Waals surface area contributed by atoms with Gasteiger partial charge in [0.1, 0.15) is 17.6 Å². The number of nitrogens with zero attached hydrogens (tertiary/aromatic N) is 2. The smallest absolute Gasteiger partial charge is 0.326 e. The van der Waals surface area contributed by atoms with Crippen molar-refractivity contribution in [1.29, 1.82) is 0 Å². The first-order valence-electron chi connectivity index (χ1n) is 10.7. The second kappa shape index (κ2) is 9.36. The fourth-order valence-corrected chi connectivity index (χ4v) is 7.50. The van der Waals surface area contributed by atoms with E-state index in [2.05, 4.69) is 15.9 Å². The SMILES string of the molecule is CCOC(=O)Cn1c2c(sc1=O)C(c1ccc(F)cc1)C1C(=O)N(c3ccc(Br)cc3)C(=O)C1S2. The highest BCUT2D eigenvalue weighted by Crippen LogP contribution is 2.53. The van der Waals surface area contributed by atoms with Crippen molar-refractivity contribution in [3.05, 3.63) is 78.9 Å². The van der Waals surface area contributed by atoms with Gasteiger partial charge in [0.15, 0.2) is 0 Å².